The number of rotatable bonds is 7. The number of ether oxygens (including phenoxy) is 1. The van der Waals surface area contributed by atoms with E-state index in [0.717, 1.165) is 15.8 Å². The van der Waals surface area contributed by atoms with Gasteiger partial charge in [0.2, 0.25) is 0 Å². The lowest BCUT2D eigenvalue weighted by molar-refractivity contribution is 0.0951. The zero-order chi connectivity index (χ0) is 15.1. The van der Waals surface area contributed by atoms with Gasteiger partial charge in [-0.05, 0) is 36.2 Å². The predicted octanol–water partition coefficient (Wildman–Crippen LogP) is 3.14. The van der Waals surface area contributed by atoms with Gasteiger partial charge in [-0.25, -0.2) is 0 Å². The number of aliphatic hydroxyl groups is 2. The van der Waals surface area contributed by atoms with E-state index in [1.807, 2.05) is 54.6 Å². The highest BCUT2D eigenvalue weighted by atomic mass is 79.9. The maximum atomic E-state index is 9.74. The molecule has 0 aromatic heterocycles. The SMILES string of the molecule is OCC(CO)(CCOc1ccc(Br)cc1)c1ccccc1. The van der Waals surface area contributed by atoms with E-state index in [9.17, 15) is 10.2 Å². The third-order valence-corrected chi connectivity index (χ3v) is 4.18. The Morgan fingerprint density at radius 2 is 1.52 bits per heavy atom. The monoisotopic (exact) mass is 350 g/mol. The second-order valence-corrected chi connectivity index (χ2v) is 5.93. The molecule has 0 amide bonds. The first-order valence-corrected chi connectivity index (χ1v) is 7.65. The van der Waals surface area contributed by atoms with E-state index in [-0.39, 0.29) is 13.2 Å². The smallest absolute Gasteiger partial charge is 0.119 e. The fourth-order valence-electron chi connectivity index (χ4n) is 2.22. The fourth-order valence-corrected chi connectivity index (χ4v) is 2.49. The van der Waals surface area contributed by atoms with Crippen molar-refractivity contribution in [2.75, 3.05) is 19.8 Å². The summed E-state index contributed by atoms with van der Waals surface area (Å²) in [5, 5.41) is 19.5. The first-order valence-electron chi connectivity index (χ1n) is 6.86. The van der Waals surface area contributed by atoms with Crippen LogP contribution in [0.15, 0.2) is 59.1 Å². The minimum atomic E-state index is -0.670. The molecule has 4 heteroatoms. The topological polar surface area (TPSA) is 49.7 Å². The lowest BCUT2D eigenvalue weighted by atomic mass is 9.79. The van der Waals surface area contributed by atoms with Gasteiger partial charge in [-0.15, -0.1) is 0 Å². The van der Waals surface area contributed by atoms with E-state index < -0.39 is 5.41 Å². The van der Waals surface area contributed by atoms with Crippen LogP contribution in [0.1, 0.15) is 12.0 Å². The zero-order valence-electron chi connectivity index (χ0n) is 11.7. The van der Waals surface area contributed by atoms with Crippen LogP contribution in [0.5, 0.6) is 5.75 Å². The molecule has 0 heterocycles. The van der Waals surface area contributed by atoms with Crippen molar-refractivity contribution in [1.82, 2.24) is 0 Å². The Balaban J connectivity index is 2.02. The molecule has 2 aromatic carbocycles. The van der Waals surface area contributed by atoms with E-state index >= 15 is 0 Å². The molecule has 0 aliphatic heterocycles. The third kappa shape index (κ3) is 4.06. The van der Waals surface area contributed by atoms with E-state index in [1.54, 1.807) is 0 Å². The van der Waals surface area contributed by atoms with Crippen LogP contribution in [0.2, 0.25) is 0 Å². The molecule has 0 fully saturated rings. The summed E-state index contributed by atoms with van der Waals surface area (Å²) < 4.78 is 6.70. The number of aliphatic hydroxyl groups excluding tert-OH is 2. The van der Waals surface area contributed by atoms with Crippen molar-refractivity contribution in [2.24, 2.45) is 0 Å². The molecule has 2 aromatic rings. The first kappa shape index (κ1) is 16.0. The van der Waals surface area contributed by atoms with E-state index in [0.29, 0.717) is 13.0 Å². The number of benzene rings is 2. The Labute approximate surface area is 133 Å². The molecule has 0 saturated heterocycles. The normalized spacial score (nSPS) is 11.4. The average Bonchev–Trinajstić information content (AvgIpc) is 2.55. The molecule has 0 atom stereocenters. The van der Waals surface area contributed by atoms with Crippen molar-refractivity contribution in [2.45, 2.75) is 11.8 Å². The summed E-state index contributed by atoms with van der Waals surface area (Å²) in [6.07, 6.45) is 0.542. The van der Waals surface area contributed by atoms with Crippen molar-refractivity contribution in [3.8, 4) is 5.75 Å². The Morgan fingerprint density at radius 3 is 2.10 bits per heavy atom. The van der Waals surface area contributed by atoms with Crippen LogP contribution in [-0.2, 0) is 5.41 Å². The van der Waals surface area contributed by atoms with Crippen LogP contribution in [0.25, 0.3) is 0 Å². The maximum absolute atomic E-state index is 9.74. The van der Waals surface area contributed by atoms with Gasteiger partial charge in [-0.1, -0.05) is 46.3 Å². The van der Waals surface area contributed by atoms with Crippen molar-refractivity contribution >= 4 is 15.9 Å². The maximum Gasteiger partial charge on any atom is 0.119 e. The van der Waals surface area contributed by atoms with Crippen LogP contribution in [0.4, 0.5) is 0 Å². The van der Waals surface area contributed by atoms with Gasteiger partial charge in [0.05, 0.1) is 19.8 Å². The Bertz CT molecular complexity index is 536. The van der Waals surface area contributed by atoms with E-state index in [2.05, 4.69) is 15.9 Å². The molecule has 0 spiro atoms. The molecule has 0 aliphatic rings. The van der Waals surface area contributed by atoms with Gasteiger partial charge in [0.15, 0.2) is 0 Å². The average molecular weight is 351 g/mol. The molecular formula is C17H19BrO3. The summed E-state index contributed by atoms with van der Waals surface area (Å²) in [5.74, 6) is 0.774. The predicted molar refractivity (Wildman–Crippen MR) is 86.5 cm³/mol. The molecule has 0 aliphatic carbocycles. The Hall–Kier alpha value is -1.36. The van der Waals surface area contributed by atoms with Gasteiger partial charge in [0.25, 0.3) is 0 Å². The van der Waals surface area contributed by atoms with E-state index in [4.69, 9.17) is 4.74 Å². The molecule has 0 radical (unpaired) electrons. The Kier molecular flexibility index (Phi) is 5.79. The van der Waals surface area contributed by atoms with Gasteiger partial charge in [-0.2, -0.15) is 0 Å². The molecular weight excluding hydrogens is 332 g/mol. The summed E-state index contributed by atoms with van der Waals surface area (Å²) in [6, 6.07) is 17.2. The van der Waals surface area contributed by atoms with Crippen LogP contribution < -0.4 is 4.74 Å². The third-order valence-electron chi connectivity index (χ3n) is 3.65. The van der Waals surface area contributed by atoms with Crippen LogP contribution in [-0.4, -0.2) is 30.0 Å². The lowest BCUT2D eigenvalue weighted by Crippen LogP contribution is -2.36. The van der Waals surface area contributed by atoms with Gasteiger partial charge < -0.3 is 14.9 Å². The molecule has 0 bridgehead atoms. The first-order chi connectivity index (χ1) is 10.2. The minimum absolute atomic E-state index is 0.114. The highest BCUT2D eigenvalue weighted by Gasteiger charge is 2.30. The van der Waals surface area contributed by atoms with E-state index in [1.165, 1.54) is 0 Å². The number of halogens is 1. The van der Waals surface area contributed by atoms with Crippen molar-refractivity contribution in [3.63, 3.8) is 0 Å². The van der Waals surface area contributed by atoms with Gasteiger partial charge in [-0.3, -0.25) is 0 Å². The largest absolute Gasteiger partial charge is 0.494 e. The van der Waals surface area contributed by atoms with Crippen LogP contribution in [0.3, 0.4) is 0 Å². The quantitative estimate of drug-likeness (QED) is 0.806. The number of hydrogen-bond acceptors (Lipinski definition) is 3. The lowest BCUT2D eigenvalue weighted by Gasteiger charge is -2.30. The molecule has 2 N–H and O–H groups in total. The second-order valence-electron chi connectivity index (χ2n) is 5.01. The van der Waals surface area contributed by atoms with Crippen molar-refractivity contribution in [3.05, 3.63) is 64.6 Å². The number of hydrogen-bond donors (Lipinski definition) is 2. The van der Waals surface area contributed by atoms with Crippen LogP contribution >= 0.6 is 15.9 Å². The summed E-state index contributed by atoms with van der Waals surface area (Å²) in [7, 11) is 0. The fraction of sp³-hybridized carbons (Fsp3) is 0.294. The minimum Gasteiger partial charge on any atom is -0.494 e. The van der Waals surface area contributed by atoms with Gasteiger partial charge in [0.1, 0.15) is 5.75 Å². The van der Waals surface area contributed by atoms with Crippen molar-refractivity contribution in [1.29, 1.82) is 0 Å². The summed E-state index contributed by atoms with van der Waals surface area (Å²) in [5.41, 5.74) is 0.255. The molecule has 21 heavy (non-hydrogen) atoms. The highest BCUT2D eigenvalue weighted by Crippen LogP contribution is 2.27. The second kappa shape index (κ2) is 7.59. The molecule has 0 unspecified atom stereocenters. The summed E-state index contributed by atoms with van der Waals surface area (Å²) in [6.45, 7) is 0.200. The van der Waals surface area contributed by atoms with Crippen LogP contribution in [0, 0.1) is 0 Å². The zero-order valence-corrected chi connectivity index (χ0v) is 13.3. The molecule has 2 rings (SSSR count). The molecule has 112 valence electrons. The van der Waals surface area contributed by atoms with Crippen molar-refractivity contribution < 1.29 is 14.9 Å². The molecule has 0 saturated carbocycles. The van der Waals surface area contributed by atoms with Gasteiger partial charge >= 0.3 is 0 Å². The Morgan fingerprint density at radius 1 is 0.905 bits per heavy atom. The van der Waals surface area contributed by atoms with Gasteiger partial charge in [0, 0.05) is 9.89 Å². The summed E-state index contributed by atoms with van der Waals surface area (Å²) in [4.78, 5) is 0. The molecule has 3 nitrogen and oxygen atoms in total. The highest BCUT2D eigenvalue weighted by molar-refractivity contribution is 9.10. The summed E-state index contributed by atoms with van der Waals surface area (Å²) >= 11 is 3.38. The standard InChI is InChI=1S/C17H19BrO3/c18-15-6-8-16(9-7-15)21-11-10-17(12-19,13-20)14-4-2-1-3-5-14/h1-9,19-20H,10-13H2.